The first-order chi connectivity index (χ1) is 8.66. The van der Waals surface area contributed by atoms with Crippen molar-refractivity contribution >= 4 is 11.6 Å². The van der Waals surface area contributed by atoms with Crippen LogP contribution in [0.25, 0.3) is 0 Å². The lowest BCUT2D eigenvalue weighted by atomic mass is 10.2. The van der Waals surface area contributed by atoms with Gasteiger partial charge in [0.2, 0.25) is 5.89 Å². The molecule has 1 N–H and O–H groups in total. The Hall–Kier alpha value is -1.46. The number of halogens is 2. The maximum atomic E-state index is 13.2. The molecule has 1 heterocycles. The van der Waals surface area contributed by atoms with E-state index in [1.807, 2.05) is 0 Å². The van der Waals surface area contributed by atoms with Crippen molar-refractivity contribution in [2.75, 3.05) is 6.54 Å². The number of hydrogen-bond acceptors (Lipinski definition) is 4. The molecule has 4 nitrogen and oxygen atoms in total. The molecule has 0 fully saturated rings. The summed E-state index contributed by atoms with van der Waals surface area (Å²) in [6.45, 7) is 2.94. The van der Waals surface area contributed by atoms with Gasteiger partial charge in [-0.05, 0) is 18.6 Å². The van der Waals surface area contributed by atoms with Gasteiger partial charge in [-0.1, -0.05) is 28.9 Å². The van der Waals surface area contributed by atoms with E-state index in [1.54, 1.807) is 19.1 Å². The molecule has 0 aliphatic carbocycles. The number of nitrogens with zero attached hydrogens (tertiary/aromatic N) is 2. The zero-order valence-electron chi connectivity index (χ0n) is 9.91. The van der Waals surface area contributed by atoms with Crippen LogP contribution in [-0.4, -0.2) is 16.7 Å². The van der Waals surface area contributed by atoms with Gasteiger partial charge in [0.25, 0.3) is 0 Å². The Morgan fingerprint density at radius 3 is 3.00 bits per heavy atom. The molecule has 2 rings (SSSR count). The minimum absolute atomic E-state index is 0.165. The molecule has 2 aromatic rings. The third-order valence-electron chi connectivity index (χ3n) is 2.43. The lowest BCUT2D eigenvalue weighted by Gasteiger charge is -2.05. The van der Waals surface area contributed by atoms with E-state index in [0.717, 1.165) is 5.56 Å². The summed E-state index contributed by atoms with van der Waals surface area (Å²) >= 11 is 5.84. The first kappa shape index (κ1) is 13.0. The number of rotatable bonds is 5. The predicted octanol–water partition coefficient (Wildman–Crippen LogP) is 2.50. The lowest BCUT2D eigenvalue weighted by Crippen LogP contribution is -2.17. The molecule has 0 amide bonds. The van der Waals surface area contributed by atoms with Crippen molar-refractivity contribution in [2.24, 2.45) is 0 Å². The minimum Gasteiger partial charge on any atom is -0.339 e. The van der Waals surface area contributed by atoms with Gasteiger partial charge in [0.1, 0.15) is 5.82 Å². The zero-order chi connectivity index (χ0) is 13.0. The molecule has 6 heteroatoms. The second-order valence-electron chi connectivity index (χ2n) is 3.88. The second kappa shape index (κ2) is 5.93. The molecule has 0 radical (unpaired) electrons. The molecule has 0 unspecified atom stereocenters. The number of benzene rings is 1. The normalized spacial score (nSPS) is 10.8. The van der Waals surface area contributed by atoms with E-state index in [2.05, 4.69) is 15.5 Å². The van der Waals surface area contributed by atoms with Crippen LogP contribution in [0.5, 0.6) is 0 Å². The Balaban J connectivity index is 1.80. The smallest absolute Gasteiger partial charge is 0.227 e. The molecule has 0 spiro atoms. The Labute approximate surface area is 109 Å². The Kier molecular flexibility index (Phi) is 4.28. The van der Waals surface area contributed by atoms with Gasteiger partial charge in [0.15, 0.2) is 5.82 Å². The summed E-state index contributed by atoms with van der Waals surface area (Å²) in [5.41, 5.74) is 0.735. The van der Waals surface area contributed by atoms with E-state index >= 15 is 0 Å². The first-order valence-corrected chi connectivity index (χ1v) is 5.97. The second-order valence-corrected chi connectivity index (χ2v) is 4.25. The molecule has 0 aliphatic heterocycles. The molecule has 0 atom stereocenters. The van der Waals surface area contributed by atoms with Gasteiger partial charge < -0.3 is 9.84 Å². The van der Waals surface area contributed by atoms with Crippen LogP contribution >= 0.6 is 11.6 Å². The SMILES string of the molecule is Cc1noc(CCNCc2cccc(F)c2Cl)n1. The average molecular weight is 270 g/mol. The van der Waals surface area contributed by atoms with E-state index < -0.39 is 5.82 Å². The highest BCUT2D eigenvalue weighted by Gasteiger charge is 2.05. The predicted molar refractivity (Wildman–Crippen MR) is 65.9 cm³/mol. The molecule has 0 bridgehead atoms. The maximum absolute atomic E-state index is 13.2. The van der Waals surface area contributed by atoms with Gasteiger partial charge >= 0.3 is 0 Å². The van der Waals surface area contributed by atoms with Gasteiger partial charge in [0, 0.05) is 19.5 Å². The topological polar surface area (TPSA) is 51.0 Å². The number of aryl methyl sites for hydroxylation is 1. The molecule has 0 aliphatic rings. The van der Waals surface area contributed by atoms with E-state index in [4.69, 9.17) is 16.1 Å². The van der Waals surface area contributed by atoms with E-state index in [0.29, 0.717) is 31.2 Å². The van der Waals surface area contributed by atoms with Gasteiger partial charge in [-0.2, -0.15) is 4.98 Å². The van der Waals surface area contributed by atoms with Gasteiger partial charge in [-0.15, -0.1) is 0 Å². The molecule has 96 valence electrons. The molecular formula is C12H13ClFN3O. The fraction of sp³-hybridized carbons (Fsp3) is 0.333. The lowest BCUT2D eigenvalue weighted by molar-refractivity contribution is 0.372. The highest BCUT2D eigenvalue weighted by atomic mass is 35.5. The summed E-state index contributed by atoms with van der Waals surface area (Å²) in [5.74, 6) is 0.812. The summed E-state index contributed by atoms with van der Waals surface area (Å²) in [7, 11) is 0. The van der Waals surface area contributed by atoms with Crippen molar-refractivity contribution in [1.29, 1.82) is 0 Å². The Bertz CT molecular complexity index is 530. The molecule has 1 aromatic heterocycles. The molecule has 18 heavy (non-hydrogen) atoms. The fourth-order valence-electron chi connectivity index (χ4n) is 1.54. The largest absolute Gasteiger partial charge is 0.339 e. The van der Waals surface area contributed by atoms with Crippen molar-refractivity contribution in [3.05, 3.63) is 46.3 Å². The summed E-state index contributed by atoms with van der Waals surface area (Å²) in [4.78, 5) is 4.08. The van der Waals surface area contributed by atoms with Crippen LogP contribution in [0.3, 0.4) is 0 Å². The molecule has 0 saturated heterocycles. The number of hydrogen-bond donors (Lipinski definition) is 1. The van der Waals surface area contributed by atoms with Crippen LogP contribution in [-0.2, 0) is 13.0 Å². The van der Waals surface area contributed by atoms with E-state index in [1.165, 1.54) is 6.07 Å². The summed E-state index contributed by atoms with van der Waals surface area (Å²) in [5, 5.41) is 7.01. The third-order valence-corrected chi connectivity index (χ3v) is 2.86. The van der Waals surface area contributed by atoms with Crippen LogP contribution in [0.2, 0.25) is 5.02 Å². The van der Waals surface area contributed by atoms with Crippen molar-refractivity contribution in [3.63, 3.8) is 0 Å². The van der Waals surface area contributed by atoms with Gasteiger partial charge in [-0.3, -0.25) is 0 Å². The number of nitrogens with one attached hydrogen (secondary N) is 1. The monoisotopic (exact) mass is 269 g/mol. The van der Waals surface area contributed by atoms with Crippen molar-refractivity contribution in [1.82, 2.24) is 15.5 Å². The van der Waals surface area contributed by atoms with Crippen molar-refractivity contribution in [3.8, 4) is 0 Å². The molecular weight excluding hydrogens is 257 g/mol. The van der Waals surface area contributed by atoms with Crippen LogP contribution in [0.4, 0.5) is 4.39 Å². The summed E-state index contributed by atoms with van der Waals surface area (Å²) in [6.07, 6.45) is 0.633. The molecule has 0 saturated carbocycles. The Morgan fingerprint density at radius 1 is 1.44 bits per heavy atom. The van der Waals surface area contributed by atoms with Crippen LogP contribution < -0.4 is 5.32 Å². The maximum Gasteiger partial charge on any atom is 0.227 e. The van der Waals surface area contributed by atoms with Crippen LogP contribution in [0.15, 0.2) is 22.7 Å². The summed E-state index contributed by atoms with van der Waals surface area (Å²) in [6, 6.07) is 4.77. The fourth-order valence-corrected chi connectivity index (χ4v) is 1.74. The quantitative estimate of drug-likeness (QED) is 0.848. The highest BCUT2D eigenvalue weighted by molar-refractivity contribution is 6.31. The van der Waals surface area contributed by atoms with E-state index in [-0.39, 0.29) is 5.02 Å². The minimum atomic E-state index is -0.400. The summed E-state index contributed by atoms with van der Waals surface area (Å²) < 4.78 is 18.1. The van der Waals surface area contributed by atoms with Crippen LogP contribution in [0, 0.1) is 12.7 Å². The zero-order valence-corrected chi connectivity index (χ0v) is 10.7. The average Bonchev–Trinajstić information content (AvgIpc) is 2.76. The van der Waals surface area contributed by atoms with Gasteiger partial charge in [0.05, 0.1) is 5.02 Å². The first-order valence-electron chi connectivity index (χ1n) is 5.59. The Morgan fingerprint density at radius 2 is 2.28 bits per heavy atom. The highest BCUT2D eigenvalue weighted by Crippen LogP contribution is 2.19. The van der Waals surface area contributed by atoms with E-state index in [9.17, 15) is 4.39 Å². The van der Waals surface area contributed by atoms with Crippen molar-refractivity contribution < 1.29 is 8.91 Å². The molecule has 1 aromatic carbocycles. The third kappa shape index (κ3) is 3.27. The van der Waals surface area contributed by atoms with Gasteiger partial charge in [-0.25, -0.2) is 4.39 Å². The van der Waals surface area contributed by atoms with Crippen LogP contribution in [0.1, 0.15) is 17.3 Å². The van der Waals surface area contributed by atoms with Crippen molar-refractivity contribution in [2.45, 2.75) is 19.9 Å². The number of aromatic nitrogens is 2. The standard InChI is InChI=1S/C12H13ClFN3O/c1-8-16-11(18-17-8)5-6-15-7-9-3-2-4-10(14)12(9)13/h2-4,15H,5-7H2,1H3.